The molecule has 0 fully saturated rings. The van der Waals surface area contributed by atoms with Crippen LogP contribution in [0.1, 0.15) is 0 Å². The number of nitrogens with two attached hydrogens (primary N) is 6. The summed E-state index contributed by atoms with van der Waals surface area (Å²) in [7, 11) is 0. The third-order valence-corrected chi connectivity index (χ3v) is 0. The minimum Gasteiger partial charge on any atom is -0.693 e. The van der Waals surface area contributed by atoms with Gasteiger partial charge in [0, 0.05) is 0 Å². The molecule has 0 aromatic heterocycles. The van der Waals surface area contributed by atoms with Crippen LogP contribution in [0.15, 0.2) is 5.34 Å². The van der Waals surface area contributed by atoms with E-state index in [1.807, 2.05) is 0 Å². The van der Waals surface area contributed by atoms with Crippen molar-refractivity contribution in [3.05, 3.63) is 41.8 Å². The molecule has 0 aliphatic rings. The molecular weight excluding hydrogens is 280 g/mol. The van der Waals surface area contributed by atoms with Crippen molar-refractivity contribution in [2.75, 3.05) is 0 Å². The second kappa shape index (κ2) is 1250. The summed E-state index contributed by atoms with van der Waals surface area (Å²) < 4.78 is 0. The zero-order valence-electron chi connectivity index (χ0n) is 6.59. The largest absolute Gasteiger partial charge is 3.00 e. The third-order valence-electron chi connectivity index (χ3n) is 0. The SMILES string of the molecule is O=NO.[Co+2].[Co+3].[NH2-].[NH2-].[NH2-].[NH2-].[NH2-].[NH2-].[OH3+].[OH3+]. The Balaban J connectivity index is -0.000000000444. The van der Waals surface area contributed by atoms with Gasteiger partial charge in [0.1, 0.15) is 0 Å². The van der Waals surface area contributed by atoms with Gasteiger partial charge in [0.25, 0.3) is 0 Å². The van der Waals surface area contributed by atoms with Crippen molar-refractivity contribution in [3.8, 4) is 0 Å². The number of nitrogens with zero attached hydrogens (tertiary/aromatic N) is 1. The van der Waals surface area contributed by atoms with E-state index < -0.39 is 0 Å². The molecule has 13 heteroatoms. The molecule has 0 saturated heterocycles. The fourth-order valence-corrected chi connectivity index (χ4v) is 0. The van der Waals surface area contributed by atoms with Crippen molar-refractivity contribution in [1.82, 2.24) is 0 Å². The van der Waals surface area contributed by atoms with Crippen LogP contribution in [0.4, 0.5) is 0 Å². The van der Waals surface area contributed by atoms with Crippen LogP contribution in [0, 0.1) is 4.91 Å². The van der Waals surface area contributed by atoms with Gasteiger partial charge >= 0.3 is 33.6 Å². The maximum absolute atomic E-state index is 8.11. The average molecular weight is 299 g/mol. The van der Waals surface area contributed by atoms with E-state index in [1.54, 1.807) is 0 Å². The van der Waals surface area contributed by atoms with Gasteiger partial charge in [0.05, 0.1) is 0 Å². The molecule has 1 radical (unpaired) electrons. The Kier molecular flexibility index (Phi) is 41900. The van der Waals surface area contributed by atoms with E-state index in [0.29, 0.717) is 0 Å². The summed E-state index contributed by atoms with van der Waals surface area (Å²) >= 11 is 0. The first kappa shape index (κ1) is 437. The van der Waals surface area contributed by atoms with Crippen molar-refractivity contribution in [2.45, 2.75) is 0 Å². The van der Waals surface area contributed by atoms with Crippen LogP contribution in [-0.2, 0) is 44.5 Å². The first-order chi connectivity index (χ1) is 1.41. The number of rotatable bonds is 0. The molecule has 0 saturated carbocycles. The van der Waals surface area contributed by atoms with Gasteiger partial charge in [-0.3, -0.25) is 0 Å². The molecule has 0 unspecified atom stereocenters. The van der Waals surface area contributed by atoms with E-state index >= 15 is 0 Å². The van der Waals surface area contributed by atoms with Crippen LogP contribution in [-0.4, -0.2) is 5.21 Å². The summed E-state index contributed by atoms with van der Waals surface area (Å²) in [6, 6.07) is 0. The Morgan fingerprint density at radius 2 is 0.769 bits per heavy atom. The fourth-order valence-electron chi connectivity index (χ4n) is 0. The van der Waals surface area contributed by atoms with Crippen LogP contribution >= 0.6 is 0 Å². The summed E-state index contributed by atoms with van der Waals surface area (Å²) in [5.41, 5.74) is 0. The summed E-state index contributed by atoms with van der Waals surface area (Å²) in [5, 5.41) is 7.89. The normalized spacial score (nSPS) is 0.923. The molecule has 0 aliphatic carbocycles. The van der Waals surface area contributed by atoms with Gasteiger partial charge in [-0.1, -0.05) is 0 Å². The molecular formula is H19Co2N7O4+. The first-order valence-corrected chi connectivity index (χ1v) is 0.383. The Hall–Kier alpha value is 0.0930. The van der Waals surface area contributed by atoms with E-state index in [-0.39, 0.29) is 81.4 Å². The minimum absolute atomic E-state index is 0. The van der Waals surface area contributed by atoms with Gasteiger partial charge < -0.3 is 53.1 Å². The molecule has 0 heterocycles. The van der Waals surface area contributed by atoms with E-state index in [9.17, 15) is 0 Å². The molecule has 0 aromatic carbocycles. The van der Waals surface area contributed by atoms with Crippen LogP contribution < -0.4 is 0 Å². The number of hydrogen-bond acceptors (Lipinski definition) is 2. The monoisotopic (exact) mass is 299 g/mol. The van der Waals surface area contributed by atoms with Crippen LogP contribution in [0.2, 0.25) is 0 Å². The summed E-state index contributed by atoms with van der Waals surface area (Å²) in [6.07, 6.45) is 0. The zero-order chi connectivity index (χ0) is 2.71. The smallest absolute Gasteiger partial charge is 0.693 e. The molecule has 95 valence electrons. The molecule has 0 rings (SSSR count). The van der Waals surface area contributed by atoms with Crippen molar-refractivity contribution in [1.29, 1.82) is 0 Å². The van der Waals surface area contributed by atoms with Crippen molar-refractivity contribution >= 4 is 0 Å². The van der Waals surface area contributed by atoms with E-state index in [0.717, 1.165) is 0 Å². The molecule has 0 aliphatic heterocycles. The van der Waals surface area contributed by atoms with Crippen molar-refractivity contribution < 1.29 is 49.7 Å². The fraction of sp³-hybridized carbons (Fsp3) is 0. The average Bonchev–Trinajstić information content (AvgIpc) is 0.918. The molecule has 13 heavy (non-hydrogen) atoms. The Labute approximate surface area is 97.2 Å². The number of hydrogen-bond donors (Lipinski definition) is 1. The van der Waals surface area contributed by atoms with Gasteiger partial charge in [-0.25, -0.2) is 0 Å². The summed E-state index contributed by atoms with van der Waals surface area (Å²) in [4.78, 5) is 8.11. The molecule has 19 N–H and O–H groups in total. The van der Waals surface area contributed by atoms with Gasteiger partial charge in [-0.15, -0.1) is 4.91 Å². The Morgan fingerprint density at radius 1 is 0.769 bits per heavy atom. The van der Waals surface area contributed by atoms with Gasteiger partial charge in [0.15, 0.2) is 5.34 Å². The summed E-state index contributed by atoms with van der Waals surface area (Å²) in [5.74, 6) is 0. The molecule has 0 bridgehead atoms. The molecule has 0 atom stereocenters. The van der Waals surface area contributed by atoms with Crippen LogP contribution in [0.5, 0.6) is 0 Å². The predicted octanol–water partition coefficient (Wildman–Crippen LogP) is 2.60. The van der Waals surface area contributed by atoms with Crippen molar-refractivity contribution in [2.24, 2.45) is 5.34 Å². The van der Waals surface area contributed by atoms with Gasteiger partial charge in [-0.2, -0.15) is 0 Å². The predicted molar refractivity (Wildman–Crippen MR) is 49.0 cm³/mol. The Morgan fingerprint density at radius 3 is 0.769 bits per heavy atom. The zero-order valence-corrected chi connectivity index (χ0v) is 8.67. The topological polar surface area (TPSA) is 317 Å². The van der Waals surface area contributed by atoms with E-state index in [2.05, 4.69) is 0 Å². The van der Waals surface area contributed by atoms with Gasteiger partial charge in [0.2, 0.25) is 0 Å². The third kappa shape index (κ3) is 142000. The van der Waals surface area contributed by atoms with Gasteiger partial charge in [-0.05, 0) is 0 Å². The summed E-state index contributed by atoms with van der Waals surface area (Å²) in [6.45, 7) is 0. The van der Waals surface area contributed by atoms with Crippen molar-refractivity contribution in [3.63, 3.8) is 0 Å². The molecule has 0 amide bonds. The van der Waals surface area contributed by atoms with Crippen LogP contribution in [0.25, 0.3) is 36.9 Å². The maximum atomic E-state index is 8.11. The maximum Gasteiger partial charge on any atom is 3.00 e. The Bertz CT molecular complexity index is 26.0. The first-order valence-electron chi connectivity index (χ1n) is 0.383. The minimum atomic E-state index is 0. The second-order valence-electron chi connectivity index (χ2n) is 0.0816. The molecule has 0 aromatic rings. The quantitative estimate of drug-likeness (QED) is 0.399. The second-order valence-corrected chi connectivity index (χ2v) is 0.0816. The molecule has 11 nitrogen and oxygen atoms in total. The molecule has 0 spiro atoms. The van der Waals surface area contributed by atoms with E-state index in [4.69, 9.17) is 10.1 Å². The van der Waals surface area contributed by atoms with Crippen LogP contribution in [0.3, 0.4) is 0 Å². The standard InChI is InChI=1S/2Co.HNO2.6H2N.2H2O/c;;2-1-3;;;;;;;;/h;;(H,2,3);8*1H2/q+2;+3;;6*-1;;/p+2. The van der Waals surface area contributed by atoms with E-state index in [1.165, 1.54) is 5.34 Å².